The lowest BCUT2D eigenvalue weighted by molar-refractivity contribution is 0.0690. The van der Waals surface area contributed by atoms with E-state index in [1.165, 1.54) is 10.6 Å². The van der Waals surface area contributed by atoms with Crippen LogP contribution in [0.25, 0.3) is 5.78 Å². The zero-order valence-corrected chi connectivity index (χ0v) is 8.65. The van der Waals surface area contributed by atoms with E-state index in [1.54, 1.807) is 0 Å². The standard InChI is InChI=1S/C8H7N4O2S/c1-2-5-10-8-9-4(7(13)14)3-6(15)12(8)11-5/h3H,2H2,1H3,(H,13,14). The minimum atomic E-state index is -1.12. The first-order valence-corrected chi connectivity index (χ1v) is 4.69. The van der Waals surface area contributed by atoms with E-state index in [1.807, 2.05) is 6.92 Å². The lowest BCUT2D eigenvalue weighted by Crippen LogP contribution is -2.04. The van der Waals surface area contributed by atoms with Crippen molar-refractivity contribution in [2.75, 3.05) is 0 Å². The van der Waals surface area contributed by atoms with E-state index in [9.17, 15) is 4.79 Å². The number of hydrogen-bond acceptors (Lipinski definition) is 4. The van der Waals surface area contributed by atoms with Crippen LogP contribution in [0.15, 0.2) is 11.1 Å². The highest BCUT2D eigenvalue weighted by Gasteiger charge is 2.12. The van der Waals surface area contributed by atoms with Gasteiger partial charge in [-0.25, -0.2) is 9.78 Å². The van der Waals surface area contributed by atoms with Gasteiger partial charge in [0, 0.05) is 12.5 Å². The summed E-state index contributed by atoms with van der Waals surface area (Å²) in [4.78, 5) is 18.6. The average Bonchev–Trinajstić information content (AvgIpc) is 2.61. The van der Waals surface area contributed by atoms with Crippen molar-refractivity contribution in [1.82, 2.24) is 19.6 Å². The molecule has 0 aliphatic rings. The monoisotopic (exact) mass is 223 g/mol. The Kier molecular flexibility index (Phi) is 2.24. The third-order valence-corrected chi connectivity index (χ3v) is 2.15. The van der Waals surface area contributed by atoms with Gasteiger partial charge in [-0.1, -0.05) is 19.6 Å². The Hall–Kier alpha value is -1.76. The van der Waals surface area contributed by atoms with Gasteiger partial charge in [-0.05, 0) is 0 Å². The number of carboxylic acids is 1. The molecule has 0 atom stereocenters. The molecule has 0 aromatic carbocycles. The Morgan fingerprint density at radius 2 is 2.33 bits per heavy atom. The van der Waals surface area contributed by atoms with Crippen molar-refractivity contribution >= 4 is 24.4 Å². The van der Waals surface area contributed by atoms with Gasteiger partial charge in [-0.2, -0.15) is 9.50 Å². The third kappa shape index (κ3) is 1.61. The number of carbonyl (C=O) groups is 1. The third-order valence-electron chi connectivity index (χ3n) is 1.86. The van der Waals surface area contributed by atoms with Gasteiger partial charge in [-0.3, -0.25) is 0 Å². The van der Waals surface area contributed by atoms with E-state index in [2.05, 4.69) is 15.1 Å². The van der Waals surface area contributed by atoms with Gasteiger partial charge in [0.2, 0.25) is 0 Å². The molecule has 0 saturated carbocycles. The maximum Gasteiger partial charge on any atom is 0.354 e. The molecule has 2 heterocycles. The van der Waals surface area contributed by atoms with E-state index >= 15 is 0 Å². The van der Waals surface area contributed by atoms with E-state index in [0.29, 0.717) is 17.3 Å². The zero-order valence-electron chi connectivity index (χ0n) is 7.84. The van der Waals surface area contributed by atoms with Crippen LogP contribution in [0.5, 0.6) is 0 Å². The van der Waals surface area contributed by atoms with Crippen LogP contribution in [0.3, 0.4) is 0 Å². The van der Waals surface area contributed by atoms with Gasteiger partial charge in [0.05, 0.1) is 0 Å². The highest BCUT2D eigenvalue weighted by atomic mass is 32.1. The van der Waals surface area contributed by atoms with Gasteiger partial charge >= 0.3 is 5.97 Å². The Labute approximate surface area is 90.4 Å². The second-order valence-electron chi connectivity index (χ2n) is 2.88. The fourth-order valence-electron chi connectivity index (χ4n) is 1.14. The van der Waals surface area contributed by atoms with E-state index < -0.39 is 5.97 Å². The molecule has 0 aliphatic carbocycles. The molecule has 0 amide bonds. The van der Waals surface area contributed by atoms with Gasteiger partial charge in [0.1, 0.15) is 5.03 Å². The summed E-state index contributed by atoms with van der Waals surface area (Å²) in [6.45, 7) is 1.90. The summed E-state index contributed by atoms with van der Waals surface area (Å²) in [6.07, 6.45) is 0.653. The van der Waals surface area contributed by atoms with Crippen molar-refractivity contribution in [2.24, 2.45) is 0 Å². The molecule has 6 nitrogen and oxygen atoms in total. The number of carboxylic acid groups (broad SMARTS) is 1. The molecule has 0 aliphatic heterocycles. The molecule has 15 heavy (non-hydrogen) atoms. The molecule has 1 radical (unpaired) electrons. The maximum atomic E-state index is 10.7. The van der Waals surface area contributed by atoms with Crippen LogP contribution in [0.1, 0.15) is 23.2 Å². The molecule has 7 heteroatoms. The van der Waals surface area contributed by atoms with Gasteiger partial charge < -0.3 is 5.11 Å². The molecular weight excluding hydrogens is 216 g/mol. The summed E-state index contributed by atoms with van der Waals surface area (Å²) in [7, 11) is 0. The van der Waals surface area contributed by atoms with E-state index in [0.717, 1.165) is 0 Å². The first-order valence-electron chi connectivity index (χ1n) is 4.29. The number of aromatic carboxylic acids is 1. The average molecular weight is 223 g/mol. The first kappa shape index (κ1) is 9.78. The molecule has 1 N–H and O–H groups in total. The molecule has 2 rings (SSSR count). The Morgan fingerprint density at radius 3 is 2.93 bits per heavy atom. The van der Waals surface area contributed by atoms with Gasteiger partial charge in [0.15, 0.2) is 11.5 Å². The summed E-state index contributed by atoms with van der Waals surface area (Å²) >= 11 is 4.98. The molecule has 0 unspecified atom stereocenters. The number of nitrogens with zero attached hydrogens (tertiary/aromatic N) is 4. The second kappa shape index (κ2) is 3.43. The van der Waals surface area contributed by atoms with Crippen LogP contribution in [-0.4, -0.2) is 30.7 Å². The number of fused-ring (bicyclic) bond motifs is 1. The van der Waals surface area contributed by atoms with Crippen molar-refractivity contribution in [3.63, 3.8) is 0 Å². The fraction of sp³-hybridized carbons (Fsp3) is 0.250. The quantitative estimate of drug-likeness (QED) is 0.766. The Balaban J connectivity index is 2.70. The smallest absolute Gasteiger partial charge is 0.354 e. The lowest BCUT2D eigenvalue weighted by Gasteiger charge is -1.96. The SMILES string of the molecule is CCc1nc2nc(C(=O)O)cc([S])n2n1. The van der Waals surface area contributed by atoms with Crippen LogP contribution in [0.2, 0.25) is 0 Å². The highest BCUT2D eigenvalue weighted by Crippen LogP contribution is 2.10. The van der Waals surface area contributed by atoms with Crippen LogP contribution >= 0.6 is 12.6 Å². The molecule has 2 aromatic rings. The topological polar surface area (TPSA) is 80.4 Å². The van der Waals surface area contributed by atoms with Crippen molar-refractivity contribution in [2.45, 2.75) is 18.4 Å². The van der Waals surface area contributed by atoms with Crippen molar-refractivity contribution in [1.29, 1.82) is 0 Å². The molecule has 0 spiro atoms. The minimum Gasteiger partial charge on any atom is -0.477 e. The van der Waals surface area contributed by atoms with Crippen LogP contribution < -0.4 is 0 Å². The number of aromatic nitrogens is 4. The molecule has 77 valence electrons. The van der Waals surface area contributed by atoms with E-state index in [-0.39, 0.29) is 11.5 Å². The van der Waals surface area contributed by atoms with Crippen LogP contribution in [0.4, 0.5) is 0 Å². The predicted octanol–water partition coefficient (Wildman–Crippen LogP) is 0.941. The summed E-state index contributed by atoms with van der Waals surface area (Å²) < 4.78 is 1.36. The summed E-state index contributed by atoms with van der Waals surface area (Å²) in [6, 6.07) is 1.29. The molecule has 0 bridgehead atoms. The van der Waals surface area contributed by atoms with Crippen molar-refractivity contribution < 1.29 is 9.90 Å². The van der Waals surface area contributed by atoms with Crippen molar-refractivity contribution in [3.05, 3.63) is 17.6 Å². The number of rotatable bonds is 2. The number of aryl methyl sites for hydroxylation is 1. The summed E-state index contributed by atoms with van der Waals surface area (Å²) in [5.41, 5.74) is -0.109. The summed E-state index contributed by atoms with van der Waals surface area (Å²) in [5.74, 6) is -0.294. The highest BCUT2D eigenvalue weighted by molar-refractivity contribution is 7.80. The largest absolute Gasteiger partial charge is 0.477 e. The zero-order chi connectivity index (χ0) is 11.0. The van der Waals surface area contributed by atoms with Gasteiger partial charge in [-0.15, -0.1) is 5.10 Å². The minimum absolute atomic E-state index is 0.109. The van der Waals surface area contributed by atoms with E-state index in [4.69, 9.17) is 17.7 Å². The first-order chi connectivity index (χ1) is 7.11. The Morgan fingerprint density at radius 1 is 1.60 bits per heavy atom. The lowest BCUT2D eigenvalue weighted by atomic mass is 10.4. The fourth-order valence-corrected chi connectivity index (χ4v) is 1.38. The molecular formula is C8H7N4O2S. The maximum absolute atomic E-state index is 10.7. The second-order valence-corrected chi connectivity index (χ2v) is 3.30. The predicted molar refractivity (Wildman–Crippen MR) is 53.0 cm³/mol. The molecule has 0 saturated heterocycles. The molecule has 2 aromatic heterocycles. The molecule has 0 fully saturated rings. The van der Waals surface area contributed by atoms with Crippen LogP contribution in [-0.2, 0) is 6.42 Å². The van der Waals surface area contributed by atoms with Gasteiger partial charge in [0.25, 0.3) is 5.78 Å². The van der Waals surface area contributed by atoms with Crippen LogP contribution in [0, 0.1) is 0 Å². The van der Waals surface area contributed by atoms with Crippen molar-refractivity contribution in [3.8, 4) is 0 Å². The summed E-state index contributed by atoms with van der Waals surface area (Å²) in [5, 5.41) is 13.1. The Bertz CT molecular complexity index is 537. The normalized spacial score (nSPS) is 10.7. The number of hydrogen-bond donors (Lipinski definition) is 1.